The molecule has 1 fully saturated rings. The molecule has 1 N–H and O–H groups in total. The summed E-state index contributed by atoms with van der Waals surface area (Å²) in [6, 6.07) is 2.93. The van der Waals surface area contributed by atoms with Crippen LogP contribution in [0.1, 0.15) is 32.3 Å². The van der Waals surface area contributed by atoms with Gasteiger partial charge < -0.3 is 10.2 Å². The number of hydrogen-bond acceptors (Lipinski definition) is 3. The van der Waals surface area contributed by atoms with Crippen molar-refractivity contribution in [3.63, 3.8) is 0 Å². The van der Waals surface area contributed by atoms with Gasteiger partial charge in [0.1, 0.15) is 0 Å². The van der Waals surface area contributed by atoms with E-state index in [4.69, 9.17) is 0 Å². The molecule has 0 saturated carbocycles. The number of hydrogen-bond donors (Lipinski definition) is 1. The smallest absolute Gasteiger partial charge is 0.0108 e. The lowest BCUT2D eigenvalue weighted by molar-refractivity contribution is 0.167. The Morgan fingerprint density at radius 2 is 2.22 bits per heavy atom. The minimum Gasteiger partial charge on any atom is -0.317 e. The topological polar surface area (TPSA) is 15.3 Å². The van der Waals surface area contributed by atoms with Gasteiger partial charge in [-0.25, -0.2) is 0 Å². The predicted molar refractivity (Wildman–Crippen MR) is 80.3 cm³/mol. The normalized spacial score (nSPS) is 19.3. The molecule has 18 heavy (non-hydrogen) atoms. The largest absolute Gasteiger partial charge is 0.317 e. The molecule has 0 spiro atoms. The molecule has 0 bridgehead atoms. The number of piperidine rings is 1. The molecule has 3 heteroatoms. The summed E-state index contributed by atoms with van der Waals surface area (Å²) in [7, 11) is 0. The molecule has 102 valence electrons. The van der Waals surface area contributed by atoms with Crippen LogP contribution in [0.25, 0.3) is 0 Å². The summed E-state index contributed by atoms with van der Waals surface area (Å²) < 4.78 is 0. The second-order valence-electron chi connectivity index (χ2n) is 5.47. The van der Waals surface area contributed by atoms with Crippen molar-refractivity contribution in [1.82, 2.24) is 10.2 Å². The molecule has 1 saturated heterocycles. The maximum atomic E-state index is 3.45. The molecule has 0 aromatic carbocycles. The highest BCUT2D eigenvalue weighted by atomic mass is 32.1. The Morgan fingerprint density at radius 3 is 2.83 bits per heavy atom. The first-order valence-corrected chi connectivity index (χ1v) is 8.19. The van der Waals surface area contributed by atoms with E-state index in [0.29, 0.717) is 6.04 Å². The third-order valence-corrected chi connectivity index (χ3v) is 4.82. The molecule has 1 aliphatic heterocycles. The van der Waals surface area contributed by atoms with Crippen LogP contribution in [0.2, 0.25) is 0 Å². The summed E-state index contributed by atoms with van der Waals surface area (Å²) in [6.45, 7) is 9.55. The van der Waals surface area contributed by atoms with E-state index in [1.54, 1.807) is 0 Å². The monoisotopic (exact) mass is 266 g/mol. The molecule has 0 aliphatic carbocycles. The summed E-state index contributed by atoms with van der Waals surface area (Å²) in [5.74, 6) is 0.899. The first-order valence-electron chi connectivity index (χ1n) is 7.25. The van der Waals surface area contributed by atoms with Crippen LogP contribution in [-0.4, -0.2) is 37.1 Å². The number of rotatable bonds is 6. The fraction of sp³-hybridized carbons (Fsp3) is 0.733. The third kappa shape index (κ3) is 4.08. The molecule has 2 heterocycles. The zero-order chi connectivity index (χ0) is 12.8. The van der Waals surface area contributed by atoms with Crippen LogP contribution >= 0.6 is 11.3 Å². The molecule has 1 aromatic rings. The summed E-state index contributed by atoms with van der Waals surface area (Å²) in [5.41, 5.74) is 1.50. The first-order chi connectivity index (χ1) is 8.79. The molecule has 2 rings (SSSR count). The van der Waals surface area contributed by atoms with Crippen LogP contribution in [-0.2, 0) is 6.42 Å². The van der Waals surface area contributed by atoms with Gasteiger partial charge >= 0.3 is 0 Å². The van der Waals surface area contributed by atoms with Crippen molar-refractivity contribution < 1.29 is 0 Å². The number of nitrogens with zero attached hydrogens (tertiary/aromatic N) is 1. The minimum absolute atomic E-state index is 0.666. The van der Waals surface area contributed by atoms with Gasteiger partial charge in [0.2, 0.25) is 0 Å². The molecule has 0 amide bonds. The van der Waals surface area contributed by atoms with Crippen LogP contribution in [0.3, 0.4) is 0 Å². The zero-order valence-electron chi connectivity index (χ0n) is 11.7. The van der Waals surface area contributed by atoms with Crippen LogP contribution in [0.4, 0.5) is 0 Å². The lowest BCUT2D eigenvalue weighted by atomic mass is 9.96. The fourth-order valence-electron chi connectivity index (χ4n) is 2.90. The van der Waals surface area contributed by atoms with E-state index in [9.17, 15) is 0 Å². The first kappa shape index (κ1) is 14.0. The van der Waals surface area contributed by atoms with Gasteiger partial charge in [-0.15, -0.1) is 0 Å². The van der Waals surface area contributed by atoms with E-state index < -0.39 is 0 Å². The van der Waals surface area contributed by atoms with Crippen molar-refractivity contribution in [2.45, 2.75) is 39.2 Å². The molecule has 1 atom stereocenters. The van der Waals surface area contributed by atoms with Gasteiger partial charge in [0, 0.05) is 12.6 Å². The van der Waals surface area contributed by atoms with Gasteiger partial charge in [-0.2, -0.15) is 11.3 Å². The van der Waals surface area contributed by atoms with Crippen molar-refractivity contribution in [2.24, 2.45) is 5.92 Å². The summed E-state index contributed by atoms with van der Waals surface area (Å²) >= 11 is 1.81. The second-order valence-corrected chi connectivity index (χ2v) is 6.25. The van der Waals surface area contributed by atoms with E-state index in [-0.39, 0.29) is 0 Å². The highest BCUT2D eigenvalue weighted by Crippen LogP contribution is 2.17. The van der Waals surface area contributed by atoms with Crippen molar-refractivity contribution in [1.29, 1.82) is 0 Å². The standard InChI is InChI=1S/C15H26N2S/c1-3-17(11-14-4-7-16-8-5-14)13(2)10-15-6-9-18-12-15/h6,9,12-14,16H,3-5,7-8,10-11H2,1-2H3. The Morgan fingerprint density at radius 1 is 1.44 bits per heavy atom. The second kappa shape index (κ2) is 7.27. The van der Waals surface area contributed by atoms with Gasteiger partial charge in [0.15, 0.2) is 0 Å². The number of nitrogens with one attached hydrogen (secondary N) is 1. The Labute approximate surface area is 115 Å². The lowest BCUT2D eigenvalue weighted by Crippen LogP contribution is -2.41. The van der Waals surface area contributed by atoms with Crippen LogP contribution < -0.4 is 5.32 Å². The maximum absolute atomic E-state index is 3.45. The van der Waals surface area contributed by atoms with Crippen LogP contribution in [0, 0.1) is 5.92 Å². The number of thiophene rings is 1. The van der Waals surface area contributed by atoms with Crippen molar-refractivity contribution >= 4 is 11.3 Å². The van der Waals surface area contributed by atoms with Gasteiger partial charge in [-0.3, -0.25) is 0 Å². The van der Waals surface area contributed by atoms with E-state index >= 15 is 0 Å². The fourth-order valence-corrected chi connectivity index (χ4v) is 3.58. The van der Waals surface area contributed by atoms with Gasteiger partial charge in [0.05, 0.1) is 0 Å². The summed E-state index contributed by atoms with van der Waals surface area (Å²) in [4.78, 5) is 2.66. The van der Waals surface area contributed by atoms with Crippen LogP contribution in [0.5, 0.6) is 0 Å². The molecule has 1 aliphatic rings. The highest BCUT2D eigenvalue weighted by molar-refractivity contribution is 7.07. The zero-order valence-corrected chi connectivity index (χ0v) is 12.5. The molecule has 2 nitrogen and oxygen atoms in total. The van der Waals surface area contributed by atoms with Crippen molar-refractivity contribution in [3.8, 4) is 0 Å². The Bertz CT molecular complexity index is 317. The Hall–Kier alpha value is -0.380. The maximum Gasteiger partial charge on any atom is 0.0108 e. The summed E-state index contributed by atoms with van der Waals surface area (Å²) in [5, 5.41) is 7.93. The molecule has 1 aromatic heterocycles. The van der Waals surface area contributed by atoms with Gasteiger partial charge in [-0.05, 0) is 74.1 Å². The molecular formula is C15H26N2S. The molecular weight excluding hydrogens is 240 g/mol. The van der Waals surface area contributed by atoms with E-state index in [1.165, 1.54) is 51.0 Å². The summed E-state index contributed by atoms with van der Waals surface area (Å²) in [6.07, 6.45) is 3.89. The average Bonchev–Trinajstić information content (AvgIpc) is 2.90. The van der Waals surface area contributed by atoms with E-state index in [2.05, 4.69) is 40.9 Å². The van der Waals surface area contributed by atoms with Gasteiger partial charge in [-0.1, -0.05) is 6.92 Å². The minimum atomic E-state index is 0.666. The average molecular weight is 266 g/mol. The Kier molecular flexibility index (Phi) is 5.67. The third-order valence-electron chi connectivity index (χ3n) is 4.09. The lowest BCUT2D eigenvalue weighted by Gasteiger charge is -2.33. The predicted octanol–water partition coefficient (Wildman–Crippen LogP) is 3.00. The van der Waals surface area contributed by atoms with E-state index in [1.807, 2.05) is 11.3 Å². The number of likely N-dealkylation sites (N-methyl/N-ethyl adjacent to an activating group) is 1. The molecule has 1 unspecified atom stereocenters. The Balaban J connectivity index is 1.82. The van der Waals surface area contributed by atoms with Crippen molar-refractivity contribution in [3.05, 3.63) is 22.4 Å². The quantitative estimate of drug-likeness (QED) is 0.851. The van der Waals surface area contributed by atoms with Gasteiger partial charge in [0.25, 0.3) is 0 Å². The van der Waals surface area contributed by atoms with E-state index in [0.717, 1.165) is 5.92 Å². The van der Waals surface area contributed by atoms with Crippen LogP contribution in [0.15, 0.2) is 16.8 Å². The SMILES string of the molecule is CCN(CC1CCNCC1)C(C)Cc1ccsc1. The molecule has 0 radical (unpaired) electrons. The highest BCUT2D eigenvalue weighted by Gasteiger charge is 2.19. The van der Waals surface area contributed by atoms with Crippen molar-refractivity contribution in [2.75, 3.05) is 26.2 Å².